The highest BCUT2D eigenvalue weighted by atomic mass is 32.2. The van der Waals surface area contributed by atoms with Gasteiger partial charge in [-0.3, -0.25) is 0 Å². The van der Waals surface area contributed by atoms with Crippen LogP contribution >= 0.6 is 11.8 Å². The van der Waals surface area contributed by atoms with Crippen LogP contribution in [0.5, 0.6) is 5.75 Å². The van der Waals surface area contributed by atoms with Gasteiger partial charge in [-0.2, -0.15) is 4.57 Å². The van der Waals surface area contributed by atoms with E-state index in [-0.39, 0.29) is 0 Å². The van der Waals surface area contributed by atoms with Crippen molar-refractivity contribution in [2.24, 2.45) is 0 Å². The van der Waals surface area contributed by atoms with Crippen LogP contribution in [0.15, 0.2) is 66.0 Å². The van der Waals surface area contributed by atoms with Crippen molar-refractivity contribution in [2.75, 3.05) is 12.9 Å². The highest BCUT2D eigenvalue weighted by Gasteiger charge is 2.28. The minimum atomic E-state index is 0.887. The second-order valence-corrected chi connectivity index (χ2v) is 6.65. The van der Waals surface area contributed by atoms with Crippen molar-refractivity contribution < 1.29 is 9.30 Å². The second kappa shape index (κ2) is 6.13. The lowest BCUT2D eigenvalue weighted by Gasteiger charge is -2.09. The quantitative estimate of drug-likeness (QED) is 0.680. The Morgan fingerprint density at radius 2 is 1.83 bits per heavy atom. The number of benzene rings is 2. The number of hydrogen-bond donors (Lipinski definition) is 0. The number of aryl methyl sites for hydroxylation is 1. The Bertz CT molecular complexity index is 809. The SMILES string of the molecule is COc1ccc(-c2c[n+]3c(n2-c2ccccc2)SCCC3)cc1. The average molecular weight is 323 g/mol. The fourth-order valence-corrected chi connectivity index (χ4v) is 4.09. The van der Waals surface area contributed by atoms with E-state index < -0.39 is 0 Å². The first-order valence-corrected chi connectivity index (χ1v) is 8.83. The number of ether oxygens (including phenoxy) is 1. The van der Waals surface area contributed by atoms with E-state index in [1.165, 1.54) is 34.3 Å². The van der Waals surface area contributed by atoms with E-state index in [2.05, 4.69) is 57.8 Å². The van der Waals surface area contributed by atoms with Gasteiger partial charge in [-0.1, -0.05) is 18.2 Å². The Morgan fingerprint density at radius 3 is 2.57 bits per heavy atom. The fourth-order valence-electron chi connectivity index (χ4n) is 2.99. The van der Waals surface area contributed by atoms with Gasteiger partial charge < -0.3 is 4.74 Å². The molecule has 0 saturated heterocycles. The third kappa shape index (κ3) is 2.63. The molecule has 4 rings (SSSR count). The van der Waals surface area contributed by atoms with Gasteiger partial charge in [0.25, 0.3) is 0 Å². The smallest absolute Gasteiger partial charge is 0.323 e. The summed E-state index contributed by atoms with van der Waals surface area (Å²) in [5.41, 5.74) is 3.64. The topological polar surface area (TPSA) is 18.0 Å². The van der Waals surface area contributed by atoms with Crippen LogP contribution < -0.4 is 9.30 Å². The number of hydrogen-bond acceptors (Lipinski definition) is 2. The lowest BCUT2D eigenvalue weighted by atomic mass is 10.1. The van der Waals surface area contributed by atoms with Gasteiger partial charge in [-0.15, -0.1) is 0 Å². The zero-order chi connectivity index (χ0) is 15.6. The van der Waals surface area contributed by atoms with Crippen LogP contribution in [0.4, 0.5) is 0 Å². The summed E-state index contributed by atoms with van der Waals surface area (Å²) in [5, 5.41) is 1.31. The Kier molecular flexibility index (Phi) is 3.83. The highest BCUT2D eigenvalue weighted by Crippen LogP contribution is 2.31. The Hall–Kier alpha value is -2.20. The van der Waals surface area contributed by atoms with E-state index in [4.69, 9.17) is 4.74 Å². The van der Waals surface area contributed by atoms with Gasteiger partial charge in [0, 0.05) is 11.3 Å². The van der Waals surface area contributed by atoms with Gasteiger partial charge >= 0.3 is 5.16 Å². The second-order valence-electron chi connectivity index (χ2n) is 5.59. The van der Waals surface area contributed by atoms with E-state index in [0.717, 1.165) is 12.3 Å². The predicted octanol–water partition coefficient (Wildman–Crippen LogP) is 3.94. The Labute approximate surface area is 140 Å². The molecule has 4 heteroatoms. The molecule has 0 aliphatic carbocycles. The molecule has 1 aliphatic rings. The molecule has 1 aliphatic heterocycles. The number of methoxy groups -OCH3 is 1. The number of thioether (sulfide) groups is 1. The molecule has 0 atom stereocenters. The van der Waals surface area contributed by atoms with Crippen LogP contribution in [0.25, 0.3) is 16.9 Å². The van der Waals surface area contributed by atoms with Crippen LogP contribution in [0.1, 0.15) is 6.42 Å². The summed E-state index contributed by atoms with van der Waals surface area (Å²) in [5.74, 6) is 2.07. The first-order chi connectivity index (χ1) is 11.4. The number of para-hydroxylation sites is 1. The van der Waals surface area contributed by atoms with Crippen molar-refractivity contribution in [1.29, 1.82) is 0 Å². The van der Waals surface area contributed by atoms with Gasteiger partial charge in [0.15, 0.2) is 5.69 Å². The summed E-state index contributed by atoms with van der Waals surface area (Å²) < 4.78 is 10.0. The maximum absolute atomic E-state index is 5.29. The van der Waals surface area contributed by atoms with Crippen molar-refractivity contribution in [3.63, 3.8) is 0 Å². The number of fused-ring (bicyclic) bond motifs is 1. The standard InChI is InChI=1S/C19H19N2OS/c1-22-17-10-8-15(9-11-17)18-14-20-12-5-13-23-19(20)21(18)16-6-3-2-4-7-16/h2-4,6-11,14H,5,12-13H2,1H3/q+1. The molecule has 0 saturated carbocycles. The molecular weight excluding hydrogens is 304 g/mol. The minimum Gasteiger partial charge on any atom is -0.497 e. The zero-order valence-corrected chi connectivity index (χ0v) is 13.9. The summed E-state index contributed by atoms with van der Waals surface area (Å²) in [6.45, 7) is 1.09. The van der Waals surface area contributed by atoms with Crippen molar-refractivity contribution >= 4 is 11.8 Å². The summed E-state index contributed by atoms with van der Waals surface area (Å²) in [6.07, 6.45) is 3.50. The highest BCUT2D eigenvalue weighted by molar-refractivity contribution is 7.99. The maximum atomic E-state index is 5.29. The first-order valence-electron chi connectivity index (χ1n) is 7.84. The van der Waals surface area contributed by atoms with Crippen molar-refractivity contribution in [2.45, 2.75) is 18.1 Å². The summed E-state index contributed by atoms with van der Waals surface area (Å²) in [4.78, 5) is 0. The van der Waals surface area contributed by atoms with Crippen LogP contribution in [0.2, 0.25) is 0 Å². The molecule has 0 amide bonds. The van der Waals surface area contributed by atoms with E-state index in [0.29, 0.717) is 0 Å². The van der Waals surface area contributed by atoms with E-state index in [1.807, 2.05) is 23.9 Å². The van der Waals surface area contributed by atoms with E-state index >= 15 is 0 Å². The zero-order valence-electron chi connectivity index (χ0n) is 13.1. The molecular formula is C19H19N2OS+. The largest absolute Gasteiger partial charge is 0.497 e. The Balaban J connectivity index is 1.90. The molecule has 0 unspecified atom stereocenters. The van der Waals surface area contributed by atoms with E-state index in [9.17, 15) is 0 Å². The average Bonchev–Trinajstić information content (AvgIpc) is 3.02. The van der Waals surface area contributed by atoms with E-state index in [1.54, 1.807) is 7.11 Å². The molecule has 1 aromatic heterocycles. The summed E-state index contributed by atoms with van der Waals surface area (Å²) in [7, 11) is 1.70. The normalized spacial score (nSPS) is 13.6. The third-order valence-corrected chi connectivity index (χ3v) is 5.30. The molecule has 0 fully saturated rings. The lowest BCUT2D eigenvalue weighted by Crippen LogP contribution is -2.37. The molecule has 116 valence electrons. The lowest BCUT2D eigenvalue weighted by molar-refractivity contribution is -0.734. The Morgan fingerprint density at radius 1 is 1.04 bits per heavy atom. The van der Waals surface area contributed by atoms with Crippen molar-refractivity contribution in [3.8, 4) is 22.7 Å². The fraction of sp³-hybridized carbons (Fsp3) is 0.211. The molecule has 0 spiro atoms. The van der Waals surface area contributed by atoms with Gasteiger partial charge in [0.1, 0.15) is 17.6 Å². The van der Waals surface area contributed by atoms with Crippen LogP contribution in [-0.2, 0) is 6.54 Å². The molecule has 2 aromatic carbocycles. The molecule has 23 heavy (non-hydrogen) atoms. The van der Waals surface area contributed by atoms with Gasteiger partial charge in [0.2, 0.25) is 0 Å². The molecule has 0 radical (unpaired) electrons. The monoisotopic (exact) mass is 323 g/mol. The summed E-state index contributed by atoms with van der Waals surface area (Å²) in [6, 6.07) is 18.9. The van der Waals surface area contributed by atoms with Crippen molar-refractivity contribution in [1.82, 2.24) is 4.57 Å². The number of imidazole rings is 1. The molecule has 0 N–H and O–H groups in total. The molecule has 3 aromatic rings. The van der Waals surface area contributed by atoms with Crippen molar-refractivity contribution in [3.05, 3.63) is 60.8 Å². The van der Waals surface area contributed by atoms with Gasteiger partial charge in [-0.25, -0.2) is 4.57 Å². The number of rotatable bonds is 3. The summed E-state index contributed by atoms with van der Waals surface area (Å²) >= 11 is 1.93. The number of aromatic nitrogens is 2. The predicted molar refractivity (Wildman–Crippen MR) is 93.3 cm³/mol. The van der Waals surface area contributed by atoms with Gasteiger partial charge in [-0.05, 0) is 54.6 Å². The maximum Gasteiger partial charge on any atom is 0.323 e. The molecule has 0 bridgehead atoms. The van der Waals surface area contributed by atoms with Crippen LogP contribution in [0, 0.1) is 0 Å². The van der Waals surface area contributed by atoms with Crippen LogP contribution in [0.3, 0.4) is 0 Å². The molecule has 2 heterocycles. The minimum absolute atomic E-state index is 0.887. The van der Waals surface area contributed by atoms with Crippen LogP contribution in [-0.4, -0.2) is 17.4 Å². The first kappa shape index (κ1) is 14.4. The third-order valence-electron chi connectivity index (χ3n) is 4.13. The molecule has 3 nitrogen and oxygen atoms in total. The van der Waals surface area contributed by atoms with Gasteiger partial charge in [0.05, 0.1) is 13.7 Å². The number of nitrogens with zero attached hydrogens (tertiary/aromatic N) is 2.